The molecular weight excluding hydrogens is 463 g/mol. The second-order valence-electron chi connectivity index (χ2n) is 8.71. The van der Waals surface area contributed by atoms with E-state index >= 15 is 0 Å². The van der Waals surface area contributed by atoms with E-state index in [0.717, 1.165) is 4.68 Å². The zero-order valence-electron chi connectivity index (χ0n) is 19.6. The topological polar surface area (TPSA) is 112 Å². The number of nitrogens with two attached hydrogens (primary N) is 1. The number of aromatic nitrogens is 5. The van der Waals surface area contributed by atoms with E-state index in [2.05, 4.69) is 26.5 Å². The highest BCUT2D eigenvalue weighted by Crippen LogP contribution is 2.32. The van der Waals surface area contributed by atoms with Gasteiger partial charge >= 0.3 is 6.18 Å². The van der Waals surface area contributed by atoms with E-state index in [1.165, 1.54) is 12.3 Å². The lowest BCUT2D eigenvalue weighted by Crippen LogP contribution is -2.44. The van der Waals surface area contributed by atoms with Crippen LogP contribution >= 0.6 is 0 Å². The van der Waals surface area contributed by atoms with Crippen molar-refractivity contribution in [2.24, 2.45) is 0 Å². The van der Waals surface area contributed by atoms with E-state index in [9.17, 15) is 18.0 Å². The Morgan fingerprint density at radius 1 is 1.17 bits per heavy atom. The normalized spacial score (nSPS) is 18.7. The molecule has 2 atom stereocenters. The van der Waals surface area contributed by atoms with Crippen LogP contribution in [0.2, 0.25) is 0 Å². The predicted octanol–water partition coefficient (Wildman–Crippen LogP) is 3.23. The molecule has 3 aromatic rings. The lowest BCUT2D eigenvalue weighted by atomic mass is 10.1. The van der Waals surface area contributed by atoms with Crippen LogP contribution in [-0.4, -0.2) is 50.0 Å². The number of pyridine rings is 1. The van der Waals surface area contributed by atoms with Crippen molar-refractivity contribution in [3.63, 3.8) is 0 Å². The second-order valence-corrected chi connectivity index (χ2v) is 8.71. The number of fused-ring (bicyclic) bond motifs is 1. The molecule has 35 heavy (non-hydrogen) atoms. The molecule has 1 saturated heterocycles. The van der Waals surface area contributed by atoms with Crippen molar-refractivity contribution < 1.29 is 17.9 Å². The number of allylic oxidation sites excluding steroid dienone is 1. The minimum atomic E-state index is -4.32. The molecule has 1 fully saturated rings. The number of halogens is 3. The summed E-state index contributed by atoms with van der Waals surface area (Å²) >= 11 is 0. The van der Waals surface area contributed by atoms with Crippen LogP contribution in [0.25, 0.3) is 16.7 Å². The van der Waals surface area contributed by atoms with Crippen molar-refractivity contribution in [3.8, 4) is 0 Å². The third kappa shape index (κ3) is 5.42. The van der Waals surface area contributed by atoms with Crippen LogP contribution in [0.5, 0.6) is 0 Å². The molecule has 0 aliphatic carbocycles. The van der Waals surface area contributed by atoms with Gasteiger partial charge in [0.1, 0.15) is 11.6 Å². The van der Waals surface area contributed by atoms with Gasteiger partial charge in [-0.15, -0.1) is 0 Å². The summed E-state index contributed by atoms with van der Waals surface area (Å²) in [6, 6.07) is 3.01. The van der Waals surface area contributed by atoms with Gasteiger partial charge in [-0.1, -0.05) is 6.58 Å². The lowest BCUT2D eigenvalue weighted by molar-refractivity contribution is -0.133. The summed E-state index contributed by atoms with van der Waals surface area (Å²) in [4.78, 5) is 31.8. The second kappa shape index (κ2) is 9.25. The fourth-order valence-corrected chi connectivity index (χ4v) is 3.91. The van der Waals surface area contributed by atoms with Crippen molar-refractivity contribution in [1.29, 1.82) is 0 Å². The number of morpholine rings is 1. The van der Waals surface area contributed by atoms with Crippen molar-refractivity contribution in [2.45, 2.75) is 52.0 Å². The first-order valence-corrected chi connectivity index (χ1v) is 11.1. The average molecular weight is 490 g/mol. The van der Waals surface area contributed by atoms with Gasteiger partial charge in [0.15, 0.2) is 5.65 Å². The molecule has 4 rings (SSSR count). The van der Waals surface area contributed by atoms with Crippen molar-refractivity contribution in [2.75, 3.05) is 23.8 Å². The Bertz CT molecular complexity index is 1340. The molecule has 0 aromatic carbocycles. The molecule has 0 spiro atoms. The van der Waals surface area contributed by atoms with Gasteiger partial charge in [-0.3, -0.25) is 4.79 Å². The third-order valence-electron chi connectivity index (χ3n) is 5.85. The molecule has 2 N–H and O–H groups in total. The molecule has 4 heterocycles. The number of nitrogens with zero attached hydrogens (tertiary/aromatic N) is 6. The zero-order chi connectivity index (χ0) is 25.5. The third-order valence-corrected chi connectivity index (χ3v) is 5.85. The van der Waals surface area contributed by atoms with Gasteiger partial charge in [0.2, 0.25) is 5.95 Å². The van der Waals surface area contributed by atoms with Crippen molar-refractivity contribution in [3.05, 3.63) is 57.9 Å². The van der Waals surface area contributed by atoms with Gasteiger partial charge in [0.25, 0.3) is 5.56 Å². The van der Waals surface area contributed by atoms with E-state index in [1.807, 2.05) is 11.8 Å². The van der Waals surface area contributed by atoms with E-state index in [1.54, 1.807) is 19.9 Å². The largest absolute Gasteiger partial charge is 0.389 e. The summed E-state index contributed by atoms with van der Waals surface area (Å²) in [5.41, 5.74) is 2.70. The highest BCUT2D eigenvalue weighted by atomic mass is 19.4. The summed E-state index contributed by atoms with van der Waals surface area (Å²) in [5.74, 6) is 6.00. The first-order chi connectivity index (χ1) is 16.4. The standard InChI is InChI=1S/C23H26F3N7O2/c1-12(7-8-23(24,25)26)19-20-21(29-15(4)14(3)28-20)31-22(30-19)32-9-13(2)35-17(11-32)16-5-6-18(34)33(27)10-16/h5-6,10,13,17H,1,7-9,11,27H2,2-4H3. The maximum Gasteiger partial charge on any atom is 0.389 e. The molecule has 9 nitrogen and oxygen atoms in total. The molecule has 0 amide bonds. The van der Waals surface area contributed by atoms with Gasteiger partial charge in [-0.25, -0.2) is 19.6 Å². The van der Waals surface area contributed by atoms with E-state index in [4.69, 9.17) is 10.6 Å². The summed E-state index contributed by atoms with van der Waals surface area (Å²) in [6.45, 7) is 10.1. The van der Waals surface area contributed by atoms with Gasteiger partial charge in [-0.2, -0.15) is 18.2 Å². The molecule has 1 aliphatic heterocycles. The number of nitrogen functional groups attached to an aromatic ring is 1. The van der Waals surface area contributed by atoms with Crippen LogP contribution in [0.15, 0.2) is 29.7 Å². The molecule has 2 unspecified atom stereocenters. The summed E-state index contributed by atoms with van der Waals surface area (Å²) in [5, 5.41) is 0. The van der Waals surface area contributed by atoms with Gasteiger partial charge < -0.3 is 15.5 Å². The molecule has 1 aliphatic rings. The number of ether oxygens (including phenoxy) is 1. The quantitative estimate of drug-likeness (QED) is 0.544. The van der Waals surface area contributed by atoms with Crippen LogP contribution in [0, 0.1) is 13.8 Å². The smallest absolute Gasteiger partial charge is 0.367 e. The molecule has 12 heteroatoms. The average Bonchev–Trinajstić information content (AvgIpc) is 2.78. The predicted molar refractivity (Wildman–Crippen MR) is 125 cm³/mol. The Hall–Kier alpha value is -3.54. The number of anilines is 1. The minimum absolute atomic E-state index is 0.210. The SMILES string of the molecule is C=C(CCC(F)(F)F)c1nc(N2CC(C)OC(c3ccc(=O)n(N)c3)C2)nc2nc(C)c(C)nc12. The summed E-state index contributed by atoms with van der Waals surface area (Å²) in [6.07, 6.45) is -4.81. The van der Waals surface area contributed by atoms with Crippen LogP contribution < -0.4 is 16.3 Å². The molecule has 0 radical (unpaired) electrons. The Morgan fingerprint density at radius 2 is 1.89 bits per heavy atom. The van der Waals surface area contributed by atoms with Crippen LogP contribution in [-0.2, 0) is 4.74 Å². The first kappa shape index (κ1) is 24.6. The number of hydrogen-bond acceptors (Lipinski definition) is 8. The fraction of sp³-hybridized carbons (Fsp3) is 0.435. The van der Waals surface area contributed by atoms with E-state index < -0.39 is 18.7 Å². The summed E-state index contributed by atoms with van der Waals surface area (Å²) < 4.78 is 45.7. The van der Waals surface area contributed by atoms with Crippen LogP contribution in [0.4, 0.5) is 19.1 Å². The van der Waals surface area contributed by atoms with Crippen LogP contribution in [0.1, 0.15) is 48.5 Å². The maximum absolute atomic E-state index is 12.9. The maximum atomic E-state index is 12.9. The zero-order valence-corrected chi connectivity index (χ0v) is 19.6. The molecule has 3 aromatic heterocycles. The van der Waals surface area contributed by atoms with Crippen molar-refractivity contribution >= 4 is 22.7 Å². The van der Waals surface area contributed by atoms with Crippen LogP contribution in [0.3, 0.4) is 0 Å². The van der Waals surface area contributed by atoms with Gasteiger partial charge in [0.05, 0.1) is 29.7 Å². The Balaban J connectivity index is 1.74. The number of aryl methyl sites for hydroxylation is 2. The Kier molecular flexibility index (Phi) is 6.50. The lowest BCUT2D eigenvalue weighted by Gasteiger charge is -2.37. The van der Waals surface area contributed by atoms with Gasteiger partial charge in [-0.05, 0) is 38.8 Å². The highest BCUT2D eigenvalue weighted by Gasteiger charge is 2.31. The van der Waals surface area contributed by atoms with Gasteiger partial charge in [0, 0.05) is 30.8 Å². The van der Waals surface area contributed by atoms with E-state index in [-0.39, 0.29) is 35.0 Å². The number of rotatable bonds is 5. The van der Waals surface area contributed by atoms with E-state index in [0.29, 0.717) is 41.5 Å². The monoisotopic (exact) mass is 489 g/mol. The first-order valence-electron chi connectivity index (χ1n) is 11.1. The number of hydrogen-bond donors (Lipinski definition) is 1. The molecule has 186 valence electrons. The highest BCUT2D eigenvalue weighted by molar-refractivity contribution is 5.85. The van der Waals surface area contributed by atoms with Crippen molar-refractivity contribution in [1.82, 2.24) is 24.6 Å². The number of alkyl halides is 3. The molecule has 0 bridgehead atoms. The molecule has 0 saturated carbocycles. The fourth-order valence-electron chi connectivity index (χ4n) is 3.91. The Labute approximate surface area is 199 Å². The minimum Gasteiger partial charge on any atom is -0.367 e. The Morgan fingerprint density at radius 3 is 2.57 bits per heavy atom. The summed E-state index contributed by atoms with van der Waals surface area (Å²) in [7, 11) is 0. The molecular formula is C23H26F3N7O2.